The van der Waals surface area contributed by atoms with Crippen LogP contribution in [0.25, 0.3) is 5.57 Å². The van der Waals surface area contributed by atoms with Crippen LogP contribution in [0.1, 0.15) is 59.7 Å². The fraction of sp³-hybridized carbons (Fsp3) is 0.250. The quantitative estimate of drug-likeness (QED) is 0.126. The normalized spacial score (nSPS) is 26.6. The summed E-state index contributed by atoms with van der Waals surface area (Å²) in [5, 5.41) is 11.9. The molecule has 0 spiro atoms. The number of ketones is 3. The van der Waals surface area contributed by atoms with E-state index in [0.29, 0.717) is 40.1 Å². The third kappa shape index (κ3) is 4.84. The van der Waals surface area contributed by atoms with Gasteiger partial charge < -0.3 is 9.84 Å². The Kier molecular flexibility index (Phi) is 8.13. The van der Waals surface area contributed by atoms with E-state index in [9.17, 15) is 19.5 Å². The lowest BCUT2D eigenvalue weighted by Crippen LogP contribution is -2.58. The van der Waals surface area contributed by atoms with E-state index >= 15 is 9.59 Å². The van der Waals surface area contributed by atoms with Crippen LogP contribution < -0.4 is 9.64 Å². The molecule has 2 fully saturated rings. The smallest absolute Gasteiger partial charge is 0.238 e. The highest BCUT2D eigenvalue weighted by Gasteiger charge is 2.66. The SMILES string of the molecule is CCOc1cccc([C@H]2C3=CC[C@@H]4C(=O)N(c5ccc(C(C)=O)cc5)C(=O)[C@@H]4[C@@H]3C[C@H]3C(=O)C(c4ccccc4)=CC(=O)[C@@]23c2ccccc2)c1O. The zero-order valence-electron chi connectivity index (χ0n) is 28.8. The minimum atomic E-state index is -1.47. The Morgan fingerprint density at radius 1 is 0.846 bits per heavy atom. The van der Waals surface area contributed by atoms with Crippen molar-refractivity contribution in [2.45, 2.75) is 38.0 Å². The van der Waals surface area contributed by atoms with Crippen LogP contribution in [-0.2, 0) is 24.6 Å². The van der Waals surface area contributed by atoms with Crippen LogP contribution in [0.4, 0.5) is 5.69 Å². The van der Waals surface area contributed by atoms with Crippen LogP contribution in [0, 0.1) is 23.7 Å². The number of allylic oxidation sites excluding steroid dienone is 4. The molecule has 0 aromatic heterocycles. The summed E-state index contributed by atoms with van der Waals surface area (Å²) in [5.74, 6) is -5.10. The fourth-order valence-corrected chi connectivity index (χ4v) is 9.36. The molecule has 260 valence electrons. The predicted octanol–water partition coefficient (Wildman–Crippen LogP) is 7.02. The topological polar surface area (TPSA) is 118 Å². The largest absolute Gasteiger partial charge is 0.504 e. The third-order valence-corrected chi connectivity index (χ3v) is 11.5. The number of phenolic OH excluding ortho intramolecular Hbond substituents is 1. The molecule has 0 radical (unpaired) electrons. The predicted molar refractivity (Wildman–Crippen MR) is 195 cm³/mol. The number of hydrogen-bond donors (Lipinski definition) is 1. The average molecular weight is 692 g/mol. The number of benzene rings is 4. The molecular weight excluding hydrogens is 654 g/mol. The summed E-state index contributed by atoms with van der Waals surface area (Å²) in [5.41, 5.74) is 2.09. The first-order valence-electron chi connectivity index (χ1n) is 17.7. The Morgan fingerprint density at radius 3 is 2.21 bits per heavy atom. The Balaban J connectivity index is 1.35. The first-order chi connectivity index (χ1) is 25.2. The second kappa shape index (κ2) is 12.7. The number of carbonyl (C=O) groups is 5. The monoisotopic (exact) mass is 691 g/mol. The molecule has 1 aliphatic heterocycles. The van der Waals surface area contributed by atoms with Crippen molar-refractivity contribution < 1.29 is 33.8 Å². The first-order valence-corrected chi connectivity index (χ1v) is 17.7. The summed E-state index contributed by atoms with van der Waals surface area (Å²) in [6.07, 6.45) is 3.82. The molecule has 4 aromatic rings. The van der Waals surface area contributed by atoms with Crippen molar-refractivity contribution in [1.29, 1.82) is 0 Å². The molecule has 3 aliphatic carbocycles. The van der Waals surface area contributed by atoms with Gasteiger partial charge in [-0.05, 0) is 80.1 Å². The Bertz CT molecular complexity index is 2200. The van der Waals surface area contributed by atoms with E-state index in [-0.39, 0.29) is 53.5 Å². The van der Waals surface area contributed by atoms with Gasteiger partial charge in [0.2, 0.25) is 11.8 Å². The van der Waals surface area contributed by atoms with Crippen LogP contribution in [0.2, 0.25) is 0 Å². The Labute approximate surface area is 301 Å². The fourth-order valence-electron chi connectivity index (χ4n) is 9.36. The Morgan fingerprint density at radius 2 is 1.54 bits per heavy atom. The lowest BCUT2D eigenvalue weighted by atomic mass is 9.44. The van der Waals surface area contributed by atoms with Crippen LogP contribution in [0.5, 0.6) is 11.5 Å². The van der Waals surface area contributed by atoms with Gasteiger partial charge in [-0.2, -0.15) is 0 Å². The van der Waals surface area contributed by atoms with Gasteiger partial charge in [0.1, 0.15) is 0 Å². The van der Waals surface area contributed by atoms with Gasteiger partial charge in [0, 0.05) is 28.5 Å². The van der Waals surface area contributed by atoms with Crippen molar-refractivity contribution in [1.82, 2.24) is 0 Å². The van der Waals surface area contributed by atoms with E-state index in [1.807, 2.05) is 61.5 Å². The highest BCUT2D eigenvalue weighted by atomic mass is 16.5. The molecule has 1 N–H and O–H groups in total. The van der Waals surface area contributed by atoms with Crippen molar-refractivity contribution in [2.75, 3.05) is 11.5 Å². The molecule has 4 aromatic carbocycles. The molecule has 0 unspecified atom stereocenters. The minimum absolute atomic E-state index is 0.129. The molecule has 0 bridgehead atoms. The summed E-state index contributed by atoms with van der Waals surface area (Å²) >= 11 is 0. The van der Waals surface area contributed by atoms with Gasteiger partial charge >= 0.3 is 0 Å². The second-order valence-corrected chi connectivity index (χ2v) is 14.0. The number of anilines is 1. The van der Waals surface area contributed by atoms with Crippen molar-refractivity contribution in [3.63, 3.8) is 0 Å². The molecule has 2 amide bonds. The van der Waals surface area contributed by atoms with Gasteiger partial charge in [-0.25, -0.2) is 0 Å². The molecule has 8 nitrogen and oxygen atoms in total. The lowest BCUT2D eigenvalue weighted by molar-refractivity contribution is -0.135. The highest BCUT2D eigenvalue weighted by Crippen LogP contribution is 2.65. The maximum atomic E-state index is 15.2. The number of nitrogens with zero attached hydrogens (tertiary/aromatic N) is 1. The van der Waals surface area contributed by atoms with Crippen molar-refractivity contribution in [2.24, 2.45) is 23.7 Å². The van der Waals surface area contributed by atoms with Crippen LogP contribution >= 0.6 is 0 Å². The Hall–Kier alpha value is -5.89. The zero-order chi connectivity index (χ0) is 36.3. The highest BCUT2D eigenvalue weighted by molar-refractivity contribution is 6.32. The summed E-state index contributed by atoms with van der Waals surface area (Å²) < 4.78 is 5.83. The number of carbonyl (C=O) groups excluding carboxylic acids is 5. The number of rotatable bonds is 7. The molecule has 1 heterocycles. The number of ether oxygens (including phenoxy) is 1. The van der Waals surface area contributed by atoms with Gasteiger partial charge in [0.05, 0.1) is 29.5 Å². The first kappa shape index (κ1) is 33.3. The number of phenols is 1. The molecule has 1 saturated heterocycles. The van der Waals surface area contributed by atoms with Crippen molar-refractivity contribution >= 4 is 40.4 Å². The maximum absolute atomic E-state index is 15.2. The molecular formula is C44H37NO7. The van der Waals surface area contributed by atoms with E-state index in [1.165, 1.54) is 17.9 Å². The van der Waals surface area contributed by atoms with E-state index in [4.69, 9.17) is 4.74 Å². The second-order valence-electron chi connectivity index (χ2n) is 14.0. The summed E-state index contributed by atoms with van der Waals surface area (Å²) in [7, 11) is 0. The number of Topliss-reactive ketones (excluding diaryl/α,β-unsaturated/α-hetero) is 2. The van der Waals surface area contributed by atoms with E-state index in [1.54, 1.807) is 54.6 Å². The minimum Gasteiger partial charge on any atom is -0.504 e. The summed E-state index contributed by atoms with van der Waals surface area (Å²) in [6.45, 7) is 3.56. The number of amides is 2. The number of fused-ring (bicyclic) bond motifs is 4. The van der Waals surface area contributed by atoms with Crippen molar-refractivity contribution in [3.8, 4) is 11.5 Å². The van der Waals surface area contributed by atoms with E-state index in [0.717, 1.165) is 5.57 Å². The average Bonchev–Trinajstić information content (AvgIpc) is 3.42. The van der Waals surface area contributed by atoms with Gasteiger partial charge in [0.15, 0.2) is 28.8 Å². The van der Waals surface area contributed by atoms with E-state index < -0.39 is 35.0 Å². The number of imide groups is 1. The summed E-state index contributed by atoms with van der Waals surface area (Å²) in [4.78, 5) is 72.2. The van der Waals surface area contributed by atoms with Gasteiger partial charge in [0.25, 0.3) is 0 Å². The van der Waals surface area contributed by atoms with Crippen LogP contribution in [0.3, 0.4) is 0 Å². The molecule has 6 atom stereocenters. The van der Waals surface area contributed by atoms with Crippen molar-refractivity contribution in [3.05, 3.63) is 143 Å². The molecule has 4 aliphatic rings. The maximum Gasteiger partial charge on any atom is 0.238 e. The third-order valence-electron chi connectivity index (χ3n) is 11.5. The number of aromatic hydroxyl groups is 1. The number of hydrogen-bond acceptors (Lipinski definition) is 7. The number of para-hydroxylation sites is 1. The van der Waals surface area contributed by atoms with Crippen LogP contribution in [0.15, 0.2) is 121 Å². The molecule has 1 saturated carbocycles. The molecule has 52 heavy (non-hydrogen) atoms. The molecule has 8 heteroatoms. The van der Waals surface area contributed by atoms with Crippen LogP contribution in [-0.4, -0.2) is 40.9 Å². The van der Waals surface area contributed by atoms with Gasteiger partial charge in [-0.1, -0.05) is 84.4 Å². The molecule has 8 rings (SSSR count). The van der Waals surface area contributed by atoms with Gasteiger partial charge in [-0.3, -0.25) is 28.9 Å². The standard InChI is InChI=1S/C44H37NO7/c1-3-52-36-16-10-15-32(41(36)49)39-30-21-22-31-38(43(51)45(42(31)50)29-19-17-26(18-20-29)25(2)46)34(30)23-35-40(48)33(27-11-6-4-7-12-27)24-37(47)44(35,39)28-13-8-5-9-14-28/h4-21,24,31,34-35,38-39,49H,3,22-23H2,1-2H3/t31-,34+,35-,38-,39+,44-/m0/s1. The lowest BCUT2D eigenvalue weighted by Gasteiger charge is -2.55. The van der Waals surface area contributed by atoms with Gasteiger partial charge in [-0.15, -0.1) is 0 Å². The van der Waals surface area contributed by atoms with E-state index in [2.05, 4.69) is 0 Å². The zero-order valence-corrected chi connectivity index (χ0v) is 28.8. The summed E-state index contributed by atoms with van der Waals surface area (Å²) in [6, 6.07) is 30.0.